The van der Waals surface area contributed by atoms with Gasteiger partial charge in [0.25, 0.3) is 5.56 Å². The molecule has 0 aliphatic carbocycles. The summed E-state index contributed by atoms with van der Waals surface area (Å²) < 4.78 is 48.1. The Morgan fingerprint density at radius 1 is 1.41 bits per heavy atom. The van der Waals surface area contributed by atoms with Gasteiger partial charge in [-0.2, -0.15) is 18.2 Å². The second-order valence-electron chi connectivity index (χ2n) is 7.33. The zero-order valence-electron chi connectivity index (χ0n) is 15.5. The maximum Gasteiger partial charge on any atom is 0.411 e. The van der Waals surface area contributed by atoms with Crippen LogP contribution >= 0.6 is 0 Å². The Balaban J connectivity index is 2.13. The van der Waals surface area contributed by atoms with Gasteiger partial charge in [-0.1, -0.05) is 0 Å². The maximum absolute atomic E-state index is 13.8. The molecule has 0 amide bonds. The van der Waals surface area contributed by atoms with Crippen LogP contribution in [0.3, 0.4) is 0 Å². The highest BCUT2D eigenvalue weighted by atomic mass is 19.4. The van der Waals surface area contributed by atoms with Crippen molar-refractivity contribution in [2.45, 2.75) is 51.5 Å². The summed E-state index contributed by atoms with van der Waals surface area (Å²) in [7, 11) is 0. The van der Waals surface area contributed by atoms with Crippen LogP contribution in [-0.2, 0) is 16.1 Å². The summed E-state index contributed by atoms with van der Waals surface area (Å²) in [5.41, 5.74) is -2.70. The summed E-state index contributed by atoms with van der Waals surface area (Å²) in [5.74, 6) is -0.238. The Hall–Kier alpha value is -2.10. The third-order valence-corrected chi connectivity index (χ3v) is 5.29. The number of rotatable bonds is 3. The van der Waals surface area contributed by atoms with E-state index >= 15 is 0 Å². The normalized spacial score (nSPS) is 26.1. The molecule has 2 aliphatic heterocycles. The smallest absolute Gasteiger partial charge is 0.377 e. The van der Waals surface area contributed by atoms with Crippen molar-refractivity contribution in [3.63, 3.8) is 0 Å². The lowest BCUT2D eigenvalue weighted by Crippen LogP contribution is -2.62. The molecule has 3 heterocycles. The molecule has 1 aromatic rings. The minimum atomic E-state index is -4.58. The minimum absolute atomic E-state index is 0.0625. The Labute approximate surface area is 154 Å². The maximum atomic E-state index is 13.8. The molecule has 10 heteroatoms. The van der Waals surface area contributed by atoms with Crippen LogP contribution in [0.1, 0.15) is 27.2 Å². The van der Waals surface area contributed by atoms with E-state index in [2.05, 4.69) is 4.98 Å². The highest BCUT2D eigenvalue weighted by molar-refractivity contribution is 5.81. The van der Waals surface area contributed by atoms with E-state index in [0.29, 0.717) is 25.6 Å². The molecular weight excluding hydrogens is 365 g/mol. The number of alkyl halides is 3. The minimum Gasteiger partial charge on any atom is -0.377 e. The number of halogens is 3. The van der Waals surface area contributed by atoms with Crippen LogP contribution in [0, 0.1) is 0 Å². The van der Waals surface area contributed by atoms with Gasteiger partial charge in [0.1, 0.15) is 17.1 Å². The molecule has 1 saturated heterocycles. The molecule has 0 aromatic carbocycles. The van der Waals surface area contributed by atoms with Crippen LogP contribution in [0.15, 0.2) is 10.9 Å². The molecule has 7 nitrogen and oxygen atoms in total. The number of hydrogen-bond acceptors (Lipinski definition) is 6. The molecule has 2 atom stereocenters. The van der Waals surface area contributed by atoms with E-state index in [4.69, 9.17) is 4.74 Å². The molecule has 0 N–H and O–H groups in total. The van der Waals surface area contributed by atoms with Gasteiger partial charge in [0.15, 0.2) is 0 Å². The molecular formula is C17H23F3N4O3. The number of carbonyl (C=O) groups excluding carboxylic acids is 1. The zero-order valence-corrected chi connectivity index (χ0v) is 15.5. The summed E-state index contributed by atoms with van der Waals surface area (Å²) in [4.78, 5) is 31.5. The molecule has 1 aromatic heterocycles. The van der Waals surface area contributed by atoms with Gasteiger partial charge in [-0.25, -0.2) is 0 Å². The largest absolute Gasteiger partial charge is 0.411 e. The molecule has 2 unspecified atom stereocenters. The lowest BCUT2D eigenvalue weighted by molar-refractivity contribution is -0.187. The number of ether oxygens (including phenoxy) is 1. The lowest BCUT2D eigenvalue weighted by atomic mass is 9.92. The summed E-state index contributed by atoms with van der Waals surface area (Å²) in [5, 5.41) is 0. The van der Waals surface area contributed by atoms with Gasteiger partial charge < -0.3 is 14.5 Å². The molecule has 2 aliphatic rings. The van der Waals surface area contributed by atoms with Crippen LogP contribution in [0.5, 0.6) is 0 Å². The monoisotopic (exact) mass is 388 g/mol. The highest BCUT2D eigenvalue weighted by Gasteiger charge is 2.57. The van der Waals surface area contributed by atoms with E-state index in [1.165, 1.54) is 17.6 Å². The van der Waals surface area contributed by atoms with Gasteiger partial charge in [-0.15, -0.1) is 0 Å². The van der Waals surface area contributed by atoms with Gasteiger partial charge in [0, 0.05) is 19.2 Å². The standard InChI is InChI=1S/C17H23F3N4O3/c1-11-10-27-7-6-22(11)13-8-14(26)23-5-4-16(3,17(18,19)20)24(9-12(2)25)15(23)21-13/h8,11H,4-7,9-10H2,1-3H3. The number of hydrogen-bond donors (Lipinski definition) is 0. The second-order valence-corrected chi connectivity index (χ2v) is 7.33. The Bertz CT molecular complexity index is 795. The third-order valence-electron chi connectivity index (χ3n) is 5.29. The average Bonchev–Trinajstić information content (AvgIpc) is 2.56. The Morgan fingerprint density at radius 2 is 2.11 bits per heavy atom. The molecule has 3 rings (SSSR count). The lowest BCUT2D eigenvalue weighted by Gasteiger charge is -2.47. The van der Waals surface area contributed by atoms with Gasteiger partial charge in [0.2, 0.25) is 5.95 Å². The van der Waals surface area contributed by atoms with Crippen molar-refractivity contribution in [3.8, 4) is 0 Å². The first-order chi connectivity index (χ1) is 12.5. The molecule has 1 fully saturated rings. The number of aromatic nitrogens is 2. The fourth-order valence-corrected chi connectivity index (χ4v) is 3.56. The fourth-order valence-electron chi connectivity index (χ4n) is 3.56. The van der Waals surface area contributed by atoms with Crippen molar-refractivity contribution in [3.05, 3.63) is 16.4 Å². The van der Waals surface area contributed by atoms with Crippen LogP contribution < -0.4 is 15.4 Å². The molecule has 150 valence electrons. The highest BCUT2D eigenvalue weighted by Crippen LogP contribution is 2.43. The quantitative estimate of drug-likeness (QED) is 0.784. The Kier molecular flexibility index (Phi) is 4.96. The predicted octanol–water partition coefficient (Wildman–Crippen LogP) is 1.59. The first kappa shape index (κ1) is 19.7. The number of anilines is 2. The first-order valence-electron chi connectivity index (χ1n) is 8.84. The third kappa shape index (κ3) is 3.42. The van der Waals surface area contributed by atoms with Gasteiger partial charge in [0.05, 0.1) is 25.8 Å². The summed E-state index contributed by atoms with van der Waals surface area (Å²) in [6.45, 7) is 4.97. The van der Waals surface area contributed by atoms with E-state index in [1.807, 2.05) is 11.8 Å². The van der Waals surface area contributed by atoms with Crippen molar-refractivity contribution in [2.24, 2.45) is 0 Å². The Morgan fingerprint density at radius 3 is 2.70 bits per heavy atom. The number of nitrogens with zero attached hydrogens (tertiary/aromatic N) is 4. The SMILES string of the molecule is CC(=O)CN1c2nc(N3CCOCC3C)cc(=O)n2CCC1(C)C(F)(F)F. The van der Waals surface area contributed by atoms with E-state index in [-0.39, 0.29) is 25.0 Å². The van der Waals surface area contributed by atoms with Crippen LogP contribution in [0.25, 0.3) is 0 Å². The predicted molar refractivity (Wildman–Crippen MR) is 93.2 cm³/mol. The van der Waals surface area contributed by atoms with Crippen molar-refractivity contribution >= 4 is 17.5 Å². The average molecular weight is 388 g/mol. The van der Waals surface area contributed by atoms with Gasteiger partial charge in [-0.3, -0.25) is 14.2 Å². The second kappa shape index (κ2) is 6.81. The van der Waals surface area contributed by atoms with Crippen molar-refractivity contribution in [1.82, 2.24) is 9.55 Å². The number of carbonyl (C=O) groups is 1. The van der Waals surface area contributed by atoms with Crippen LogP contribution in [-0.4, -0.2) is 59.4 Å². The topological polar surface area (TPSA) is 67.7 Å². The first-order valence-corrected chi connectivity index (χ1v) is 8.84. The van der Waals surface area contributed by atoms with E-state index < -0.39 is 29.6 Å². The summed E-state index contributed by atoms with van der Waals surface area (Å²) in [6.07, 6.45) is -4.90. The molecule has 0 radical (unpaired) electrons. The molecule has 27 heavy (non-hydrogen) atoms. The number of Topliss-reactive ketones (excluding diaryl/α,β-unsaturated/α-hetero) is 1. The van der Waals surface area contributed by atoms with Crippen molar-refractivity contribution in [2.75, 3.05) is 36.1 Å². The molecule has 0 bridgehead atoms. The van der Waals surface area contributed by atoms with Crippen LogP contribution in [0.4, 0.5) is 24.9 Å². The van der Waals surface area contributed by atoms with Crippen LogP contribution in [0.2, 0.25) is 0 Å². The summed E-state index contributed by atoms with van der Waals surface area (Å²) in [6, 6.07) is 1.28. The number of morpholine rings is 1. The van der Waals surface area contributed by atoms with Gasteiger partial charge in [-0.05, 0) is 27.2 Å². The zero-order chi connectivity index (χ0) is 20.0. The van der Waals surface area contributed by atoms with E-state index in [1.54, 1.807) is 0 Å². The number of fused-ring (bicyclic) bond motifs is 1. The van der Waals surface area contributed by atoms with E-state index in [9.17, 15) is 22.8 Å². The van der Waals surface area contributed by atoms with E-state index in [0.717, 1.165) is 11.8 Å². The van der Waals surface area contributed by atoms with Crippen molar-refractivity contribution in [1.29, 1.82) is 0 Å². The molecule has 0 spiro atoms. The molecule has 0 saturated carbocycles. The summed E-state index contributed by atoms with van der Waals surface area (Å²) >= 11 is 0. The van der Waals surface area contributed by atoms with Crippen molar-refractivity contribution < 1.29 is 22.7 Å². The number of ketones is 1. The fraction of sp³-hybridized carbons (Fsp3) is 0.706. The van der Waals surface area contributed by atoms with Gasteiger partial charge >= 0.3 is 6.18 Å².